The predicted molar refractivity (Wildman–Crippen MR) is 84.5 cm³/mol. The van der Waals surface area contributed by atoms with Crippen LogP contribution < -0.4 is 5.73 Å². The van der Waals surface area contributed by atoms with Crippen LogP contribution in [-0.2, 0) is 0 Å². The van der Waals surface area contributed by atoms with Crippen LogP contribution in [0.2, 0.25) is 5.02 Å². The van der Waals surface area contributed by atoms with E-state index in [4.69, 9.17) is 21.9 Å². The lowest BCUT2D eigenvalue weighted by Gasteiger charge is -2.04. The van der Waals surface area contributed by atoms with Crippen molar-refractivity contribution in [3.05, 3.63) is 57.8 Å². The maximum atomic E-state index is 13.3. The largest absolute Gasteiger partial charge is 0.380 e. The molecule has 1 aromatic heterocycles. The van der Waals surface area contributed by atoms with Gasteiger partial charge in [-0.25, -0.2) is 4.39 Å². The molecule has 0 bridgehead atoms. The Balaban J connectivity index is 2.19. The van der Waals surface area contributed by atoms with Gasteiger partial charge in [-0.1, -0.05) is 44.8 Å². The van der Waals surface area contributed by atoms with Crippen LogP contribution in [0.4, 0.5) is 10.2 Å². The summed E-state index contributed by atoms with van der Waals surface area (Å²) >= 11 is 9.23. The van der Waals surface area contributed by atoms with E-state index in [1.807, 2.05) is 24.3 Å². The van der Waals surface area contributed by atoms with Crippen LogP contribution in [0, 0.1) is 5.82 Å². The Kier molecular flexibility index (Phi) is 3.69. The molecule has 2 N–H and O–H groups in total. The second-order valence-corrected chi connectivity index (χ2v) is 5.73. The first-order valence-electron chi connectivity index (χ1n) is 6.03. The molecule has 1 heterocycles. The van der Waals surface area contributed by atoms with Gasteiger partial charge in [0, 0.05) is 10.0 Å². The van der Waals surface area contributed by atoms with Crippen molar-refractivity contribution in [2.24, 2.45) is 0 Å². The molecule has 0 aliphatic carbocycles. The zero-order chi connectivity index (χ0) is 15.0. The second kappa shape index (κ2) is 5.50. The van der Waals surface area contributed by atoms with E-state index in [9.17, 15) is 4.39 Å². The molecule has 106 valence electrons. The van der Waals surface area contributed by atoms with Crippen molar-refractivity contribution in [1.29, 1.82) is 0 Å². The van der Waals surface area contributed by atoms with E-state index in [0.29, 0.717) is 16.9 Å². The lowest BCUT2D eigenvalue weighted by molar-refractivity contribution is 0.436. The molecule has 0 atom stereocenters. The highest BCUT2D eigenvalue weighted by Gasteiger charge is 2.18. The van der Waals surface area contributed by atoms with E-state index in [2.05, 4.69) is 21.1 Å². The Morgan fingerprint density at radius 3 is 2.67 bits per heavy atom. The smallest absolute Gasteiger partial charge is 0.176 e. The molecule has 3 nitrogen and oxygen atoms in total. The van der Waals surface area contributed by atoms with E-state index in [1.165, 1.54) is 12.1 Å². The van der Waals surface area contributed by atoms with Crippen molar-refractivity contribution in [3.8, 4) is 22.5 Å². The van der Waals surface area contributed by atoms with Gasteiger partial charge in [0.05, 0.1) is 10.6 Å². The Morgan fingerprint density at radius 2 is 1.95 bits per heavy atom. The van der Waals surface area contributed by atoms with Crippen molar-refractivity contribution in [3.63, 3.8) is 0 Å². The Labute approximate surface area is 133 Å². The number of nitrogens with two attached hydrogens (primary N) is 1. The summed E-state index contributed by atoms with van der Waals surface area (Å²) in [6.07, 6.45) is 0. The number of nitrogens with zero attached hydrogens (tertiary/aromatic N) is 1. The quantitative estimate of drug-likeness (QED) is 0.682. The highest BCUT2D eigenvalue weighted by Crippen LogP contribution is 2.38. The van der Waals surface area contributed by atoms with Gasteiger partial charge in [0.15, 0.2) is 11.6 Å². The third-order valence-corrected chi connectivity index (χ3v) is 3.80. The van der Waals surface area contributed by atoms with Crippen molar-refractivity contribution in [1.82, 2.24) is 5.16 Å². The minimum atomic E-state index is -0.489. The molecular weight excluding hydrogens is 359 g/mol. The molecule has 21 heavy (non-hydrogen) atoms. The van der Waals surface area contributed by atoms with E-state index >= 15 is 0 Å². The van der Waals surface area contributed by atoms with E-state index in [1.54, 1.807) is 6.07 Å². The fourth-order valence-electron chi connectivity index (χ4n) is 2.06. The number of aromatic nitrogens is 1. The van der Waals surface area contributed by atoms with Crippen LogP contribution in [0.3, 0.4) is 0 Å². The van der Waals surface area contributed by atoms with Gasteiger partial charge in [0.25, 0.3) is 0 Å². The van der Waals surface area contributed by atoms with Gasteiger partial charge in [-0.2, -0.15) is 0 Å². The van der Waals surface area contributed by atoms with Gasteiger partial charge in [-0.05, 0) is 35.9 Å². The summed E-state index contributed by atoms with van der Waals surface area (Å²) in [6.45, 7) is 0. The lowest BCUT2D eigenvalue weighted by atomic mass is 10.0. The van der Waals surface area contributed by atoms with Crippen LogP contribution in [-0.4, -0.2) is 5.16 Å². The summed E-state index contributed by atoms with van der Waals surface area (Å²) in [6, 6.07) is 11.9. The molecule has 3 rings (SSSR count). The Morgan fingerprint density at radius 1 is 1.14 bits per heavy atom. The molecule has 0 aliphatic rings. The molecule has 0 fully saturated rings. The number of benzene rings is 2. The molecule has 0 aliphatic heterocycles. The van der Waals surface area contributed by atoms with Gasteiger partial charge >= 0.3 is 0 Å². The summed E-state index contributed by atoms with van der Waals surface area (Å²) in [5.41, 5.74) is 8.01. The Hall–Kier alpha value is -1.85. The highest BCUT2D eigenvalue weighted by molar-refractivity contribution is 9.10. The lowest BCUT2D eigenvalue weighted by Crippen LogP contribution is -1.89. The topological polar surface area (TPSA) is 52.0 Å². The first-order valence-corrected chi connectivity index (χ1v) is 7.20. The van der Waals surface area contributed by atoms with Gasteiger partial charge < -0.3 is 10.3 Å². The van der Waals surface area contributed by atoms with Crippen molar-refractivity contribution < 1.29 is 8.91 Å². The molecule has 6 heteroatoms. The first kappa shape index (κ1) is 14.1. The van der Waals surface area contributed by atoms with Crippen molar-refractivity contribution in [2.45, 2.75) is 0 Å². The summed E-state index contributed by atoms with van der Waals surface area (Å²) in [4.78, 5) is 0. The molecule has 0 saturated carbocycles. The summed E-state index contributed by atoms with van der Waals surface area (Å²) in [7, 11) is 0. The zero-order valence-corrected chi connectivity index (χ0v) is 13.0. The van der Waals surface area contributed by atoms with Crippen LogP contribution in [0.5, 0.6) is 0 Å². The molecule has 0 spiro atoms. The highest BCUT2D eigenvalue weighted by atomic mass is 79.9. The molecule has 0 unspecified atom stereocenters. The minimum Gasteiger partial charge on any atom is -0.380 e. The zero-order valence-electron chi connectivity index (χ0n) is 10.6. The first-order chi connectivity index (χ1) is 10.1. The average Bonchev–Trinajstić information content (AvgIpc) is 2.84. The summed E-state index contributed by atoms with van der Waals surface area (Å²) in [5.74, 6) is 0.230. The van der Waals surface area contributed by atoms with Crippen LogP contribution in [0.1, 0.15) is 0 Å². The Bertz CT molecular complexity index is 819. The summed E-state index contributed by atoms with van der Waals surface area (Å²) < 4.78 is 19.5. The monoisotopic (exact) mass is 366 g/mol. The molecule has 0 radical (unpaired) electrons. The van der Waals surface area contributed by atoms with E-state index in [-0.39, 0.29) is 10.8 Å². The summed E-state index contributed by atoms with van der Waals surface area (Å²) in [5, 5.41) is 3.82. The van der Waals surface area contributed by atoms with Gasteiger partial charge in [0.1, 0.15) is 5.82 Å². The number of anilines is 1. The maximum absolute atomic E-state index is 13.3. The van der Waals surface area contributed by atoms with Crippen molar-refractivity contribution in [2.75, 3.05) is 5.73 Å². The average molecular weight is 368 g/mol. The van der Waals surface area contributed by atoms with E-state index < -0.39 is 5.82 Å². The second-order valence-electron chi connectivity index (χ2n) is 4.41. The predicted octanol–water partition coefficient (Wildman–Crippen LogP) is 5.15. The van der Waals surface area contributed by atoms with Crippen LogP contribution in [0.25, 0.3) is 22.5 Å². The fourth-order valence-corrected chi connectivity index (χ4v) is 2.64. The van der Waals surface area contributed by atoms with E-state index in [0.717, 1.165) is 10.0 Å². The molecule has 3 aromatic rings. The third kappa shape index (κ3) is 2.66. The van der Waals surface area contributed by atoms with Crippen LogP contribution in [0.15, 0.2) is 51.5 Å². The number of rotatable bonds is 2. The molecule has 0 amide bonds. The number of hydrogen-bond donors (Lipinski definition) is 1. The van der Waals surface area contributed by atoms with Gasteiger partial charge in [-0.3, -0.25) is 0 Å². The standard InChI is InChI=1S/C15H9BrClFN2O/c16-10-3-1-2-8(6-10)13-14(21-20-15(13)19)9-4-5-12(18)11(17)7-9/h1-7H,(H2,19,20). The number of nitrogen functional groups attached to an aromatic ring is 1. The van der Waals surface area contributed by atoms with Crippen LogP contribution >= 0.6 is 27.5 Å². The van der Waals surface area contributed by atoms with Crippen molar-refractivity contribution >= 4 is 33.3 Å². The fraction of sp³-hybridized carbons (Fsp3) is 0. The third-order valence-electron chi connectivity index (χ3n) is 3.01. The number of halogens is 3. The SMILES string of the molecule is Nc1noc(-c2ccc(F)c(Cl)c2)c1-c1cccc(Br)c1. The molecule has 2 aromatic carbocycles. The normalized spacial score (nSPS) is 10.8. The maximum Gasteiger partial charge on any atom is 0.176 e. The van der Waals surface area contributed by atoms with Gasteiger partial charge in [-0.15, -0.1) is 0 Å². The molecule has 0 saturated heterocycles. The minimum absolute atomic E-state index is 0.0164. The number of hydrogen-bond acceptors (Lipinski definition) is 3. The van der Waals surface area contributed by atoms with Gasteiger partial charge in [0.2, 0.25) is 0 Å². The molecular formula is C15H9BrClFN2O.